The van der Waals surface area contributed by atoms with E-state index in [1.54, 1.807) is 6.08 Å². The molecule has 0 radical (unpaired) electrons. The Bertz CT molecular complexity index is 1310. The summed E-state index contributed by atoms with van der Waals surface area (Å²) in [5, 5.41) is 23.2. The Hall–Kier alpha value is -1.92. The summed E-state index contributed by atoms with van der Waals surface area (Å²) in [6.07, 6.45) is 90.9. The highest BCUT2D eigenvalue weighted by molar-refractivity contribution is 5.76. The maximum absolute atomic E-state index is 12.5. The minimum Gasteiger partial charge on any atom is -0.466 e. The molecular formula is C75H143NO5. The summed E-state index contributed by atoms with van der Waals surface area (Å²) in [6.45, 7) is 4.92. The molecule has 1 amide bonds. The number of ether oxygens (including phenoxy) is 1. The molecule has 0 heterocycles. The highest BCUT2D eigenvalue weighted by atomic mass is 16.5. The number of amides is 1. The number of rotatable bonds is 69. The maximum Gasteiger partial charge on any atom is 0.305 e. The van der Waals surface area contributed by atoms with E-state index in [9.17, 15) is 19.8 Å². The van der Waals surface area contributed by atoms with Gasteiger partial charge >= 0.3 is 5.97 Å². The monoisotopic (exact) mass is 1140 g/mol. The molecule has 0 rings (SSSR count). The predicted molar refractivity (Wildman–Crippen MR) is 356 cm³/mol. The van der Waals surface area contributed by atoms with Crippen molar-refractivity contribution in [3.8, 4) is 0 Å². The highest BCUT2D eigenvalue weighted by Crippen LogP contribution is 2.19. The summed E-state index contributed by atoms with van der Waals surface area (Å²) in [5.74, 6) is -0.0491. The van der Waals surface area contributed by atoms with E-state index in [0.717, 1.165) is 51.4 Å². The summed E-state index contributed by atoms with van der Waals surface area (Å²) in [7, 11) is 0. The third-order valence-electron chi connectivity index (χ3n) is 17.2. The number of aliphatic hydroxyl groups is 2. The van der Waals surface area contributed by atoms with Gasteiger partial charge in [0.1, 0.15) is 0 Å². The largest absolute Gasteiger partial charge is 0.466 e. The number of unbranched alkanes of at least 4 members (excludes halogenated alkanes) is 54. The molecule has 0 spiro atoms. The second-order valence-electron chi connectivity index (χ2n) is 25.3. The van der Waals surface area contributed by atoms with E-state index in [-0.39, 0.29) is 18.5 Å². The summed E-state index contributed by atoms with van der Waals surface area (Å²) >= 11 is 0. The third kappa shape index (κ3) is 67.1. The predicted octanol–water partition coefficient (Wildman–Crippen LogP) is 23.9. The van der Waals surface area contributed by atoms with Gasteiger partial charge in [0, 0.05) is 12.8 Å². The minimum absolute atomic E-state index is 0.0123. The molecule has 0 saturated heterocycles. The third-order valence-corrected chi connectivity index (χ3v) is 17.2. The zero-order valence-electron chi connectivity index (χ0n) is 54.8. The molecule has 81 heavy (non-hydrogen) atoms. The van der Waals surface area contributed by atoms with Gasteiger partial charge in [0.25, 0.3) is 0 Å². The molecule has 6 nitrogen and oxygen atoms in total. The van der Waals surface area contributed by atoms with Crippen molar-refractivity contribution in [2.45, 2.75) is 418 Å². The molecule has 2 unspecified atom stereocenters. The van der Waals surface area contributed by atoms with Gasteiger partial charge in [-0.1, -0.05) is 365 Å². The molecule has 0 aromatic carbocycles. The van der Waals surface area contributed by atoms with Crippen molar-refractivity contribution in [3.05, 3.63) is 36.5 Å². The van der Waals surface area contributed by atoms with E-state index in [0.29, 0.717) is 19.4 Å². The van der Waals surface area contributed by atoms with Crippen LogP contribution in [-0.4, -0.2) is 47.4 Å². The smallest absolute Gasteiger partial charge is 0.305 e. The molecule has 3 N–H and O–H groups in total. The number of hydrogen-bond donors (Lipinski definition) is 3. The van der Waals surface area contributed by atoms with Gasteiger partial charge in [0.05, 0.1) is 25.4 Å². The van der Waals surface area contributed by atoms with Crippen molar-refractivity contribution in [1.29, 1.82) is 0 Å². The molecule has 2 atom stereocenters. The summed E-state index contributed by atoms with van der Waals surface area (Å²) < 4.78 is 5.51. The average molecular weight is 1140 g/mol. The minimum atomic E-state index is -0.842. The lowest BCUT2D eigenvalue weighted by molar-refractivity contribution is -0.143. The normalized spacial score (nSPS) is 12.7. The molecule has 6 heteroatoms. The number of carbonyl (C=O) groups is 2. The Morgan fingerprint density at radius 3 is 0.951 bits per heavy atom. The van der Waals surface area contributed by atoms with Crippen LogP contribution in [0, 0.1) is 0 Å². The number of hydrogen-bond acceptors (Lipinski definition) is 5. The van der Waals surface area contributed by atoms with Gasteiger partial charge in [0.15, 0.2) is 0 Å². The first-order valence-corrected chi connectivity index (χ1v) is 36.8. The Morgan fingerprint density at radius 1 is 0.346 bits per heavy atom. The van der Waals surface area contributed by atoms with Crippen LogP contribution in [0.25, 0.3) is 0 Å². The topological polar surface area (TPSA) is 95.9 Å². The Labute approximate surface area is 506 Å². The van der Waals surface area contributed by atoms with Gasteiger partial charge in [-0.25, -0.2) is 0 Å². The van der Waals surface area contributed by atoms with Crippen LogP contribution in [-0.2, 0) is 14.3 Å². The Balaban J connectivity index is 3.35. The van der Waals surface area contributed by atoms with Crippen LogP contribution >= 0.6 is 0 Å². The molecule has 478 valence electrons. The van der Waals surface area contributed by atoms with Crippen molar-refractivity contribution < 1.29 is 24.5 Å². The van der Waals surface area contributed by atoms with Crippen molar-refractivity contribution in [2.75, 3.05) is 13.2 Å². The van der Waals surface area contributed by atoms with E-state index in [1.165, 1.54) is 327 Å². The van der Waals surface area contributed by atoms with Gasteiger partial charge in [-0.15, -0.1) is 0 Å². The zero-order chi connectivity index (χ0) is 58.5. The first-order valence-electron chi connectivity index (χ1n) is 36.8. The number of nitrogens with one attached hydrogen (secondary N) is 1. The summed E-state index contributed by atoms with van der Waals surface area (Å²) in [4.78, 5) is 24.6. The van der Waals surface area contributed by atoms with E-state index in [4.69, 9.17) is 4.74 Å². The SMILES string of the molecule is CCCCCC/C=C\C/C=C\CCCCCCCCCC(=O)OCCCCCCCCCCCCCCCCCCCCCCCCCCCCCCCC(=O)NC(CO)C(O)/C=C/CCCCCCCCCCCCCCCCC. The molecule has 0 aromatic rings. The molecule has 0 aliphatic rings. The van der Waals surface area contributed by atoms with Gasteiger partial charge in [0.2, 0.25) is 5.91 Å². The van der Waals surface area contributed by atoms with E-state index in [1.807, 2.05) is 6.08 Å². The van der Waals surface area contributed by atoms with Crippen LogP contribution in [0.5, 0.6) is 0 Å². The average Bonchev–Trinajstić information content (AvgIpc) is 3.47. The maximum atomic E-state index is 12.5. The van der Waals surface area contributed by atoms with Crippen molar-refractivity contribution in [3.63, 3.8) is 0 Å². The van der Waals surface area contributed by atoms with Crippen LogP contribution in [0.4, 0.5) is 0 Å². The van der Waals surface area contributed by atoms with Gasteiger partial charge in [-0.05, 0) is 64.2 Å². The number of allylic oxidation sites excluding steroid dienone is 5. The standard InChI is InChI=1S/C75H143NO5/c1-3-5-7-9-11-13-15-17-19-21-37-41-45-49-53-57-61-65-69-75(80)81-70-66-62-58-54-50-46-42-38-34-32-30-28-26-24-22-23-25-27-29-31-33-36-40-44-48-52-56-60-64-68-74(79)76-72(71-77)73(78)67-63-59-55-51-47-43-39-35-20-18-16-14-12-10-8-6-4-2/h13,15,19,21,63,67,72-73,77-78H,3-12,14,16-18,20,22-62,64-66,68-71H2,1-2H3,(H,76,79)/b15-13-,21-19-,67-63+. The fourth-order valence-corrected chi connectivity index (χ4v) is 11.6. The Morgan fingerprint density at radius 2 is 0.617 bits per heavy atom. The molecular weight excluding hydrogens is 995 g/mol. The quantitative estimate of drug-likeness (QED) is 0.0320. The van der Waals surface area contributed by atoms with Gasteiger partial charge in [-0.2, -0.15) is 0 Å². The molecule has 0 bridgehead atoms. The molecule has 0 aliphatic heterocycles. The fraction of sp³-hybridized carbons (Fsp3) is 0.893. The van der Waals surface area contributed by atoms with E-state index in [2.05, 4.69) is 43.5 Å². The summed E-state index contributed by atoms with van der Waals surface area (Å²) in [5.41, 5.74) is 0. The molecule has 0 saturated carbocycles. The lowest BCUT2D eigenvalue weighted by Crippen LogP contribution is -2.45. The zero-order valence-corrected chi connectivity index (χ0v) is 54.8. The van der Waals surface area contributed by atoms with Crippen LogP contribution < -0.4 is 5.32 Å². The fourth-order valence-electron chi connectivity index (χ4n) is 11.6. The van der Waals surface area contributed by atoms with Crippen LogP contribution in [0.3, 0.4) is 0 Å². The van der Waals surface area contributed by atoms with Crippen LogP contribution in [0.15, 0.2) is 36.5 Å². The van der Waals surface area contributed by atoms with Gasteiger partial charge in [-0.3, -0.25) is 9.59 Å². The van der Waals surface area contributed by atoms with Crippen LogP contribution in [0.1, 0.15) is 406 Å². The first kappa shape index (κ1) is 79.1. The van der Waals surface area contributed by atoms with E-state index >= 15 is 0 Å². The van der Waals surface area contributed by atoms with E-state index < -0.39 is 12.1 Å². The lowest BCUT2D eigenvalue weighted by Gasteiger charge is -2.20. The van der Waals surface area contributed by atoms with Crippen molar-refractivity contribution in [1.82, 2.24) is 5.32 Å². The lowest BCUT2D eigenvalue weighted by atomic mass is 10.0. The second-order valence-corrected chi connectivity index (χ2v) is 25.3. The second kappa shape index (κ2) is 70.6. The van der Waals surface area contributed by atoms with Crippen molar-refractivity contribution >= 4 is 11.9 Å². The number of aliphatic hydroxyl groups excluding tert-OH is 2. The Kier molecular flexibility index (Phi) is 68.9. The van der Waals surface area contributed by atoms with Crippen molar-refractivity contribution in [2.24, 2.45) is 0 Å². The number of carbonyl (C=O) groups excluding carboxylic acids is 2. The molecule has 0 aliphatic carbocycles. The molecule has 0 fully saturated rings. The number of esters is 1. The summed E-state index contributed by atoms with van der Waals surface area (Å²) in [6, 6.07) is -0.626. The highest BCUT2D eigenvalue weighted by Gasteiger charge is 2.18. The first-order chi connectivity index (χ1) is 40.0. The molecule has 0 aromatic heterocycles. The van der Waals surface area contributed by atoms with Gasteiger partial charge < -0.3 is 20.3 Å². The van der Waals surface area contributed by atoms with Crippen LogP contribution in [0.2, 0.25) is 0 Å².